The fourth-order valence-electron chi connectivity index (χ4n) is 3.07. The van der Waals surface area contributed by atoms with Crippen molar-refractivity contribution in [3.05, 3.63) is 65.7 Å². The van der Waals surface area contributed by atoms with Gasteiger partial charge >= 0.3 is 0 Å². The van der Waals surface area contributed by atoms with Crippen LogP contribution in [0.15, 0.2) is 54.6 Å². The van der Waals surface area contributed by atoms with E-state index in [4.69, 9.17) is 0 Å². The maximum atomic E-state index is 12.9. The standard InChI is InChI=1S/C22H27NO/c1-22(2,3)19-14-12-17(13-15-19)16-23(20-10-5-4-6-11-20)21(24)18-8-7-9-18/h4-6,10-15,18H,7-9,16H2,1-3H3. The highest BCUT2D eigenvalue weighted by atomic mass is 16.2. The molecule has 24 heavy (non-hydrogen) atoms. The van der Waals surface area contributed by atoms with Crippen LogP contribution in [0.2, 0.25) is 0 Å². The van der Waals surface area contributed by atoms with Gasteiger partial charge in [0.15, 0.2) is 0 Å². The number of hydrogen-bond donors (Lipinski definition) is 0. The van der Waals surface area contributed by atoms with Crippen LogP contribution < -0.4 is 4.90 Å². The molecule has 1 saturated carbocycles. The molecule has 2 aromatic rings. The number of carbonyl (C=O) groups is 1. The maximum absolute atomic E-state index is 12.9. The summed E-state index contributed by atoms with van der Waals surface area (Å²) in [5.41, 5.74) is 3.65. The SMILES string of the molecule is CC(C)(C)c1ccc(CN(C(=O)C2CCC2)c2ccccc2)cc1. The molecular weight excluding hydrogens is 294 g/mol. The van der Waals surface area contributed by atoms with E-state index < -0.39 is 0 Å². The first kappa shape index (κ1) is 16.8. The van der Waals surface area contributed by atoms with E-state index >= 15 is 0 Å². The zero-order chi connectivity index (χ0) is 17.2. The smallest absolute Gasteiger partial charge is 0.230 e. The van der Waals surface area contributed by atoms with Crippen molar-refractivity contribution in [2.24, 2.45) is 5.92 Å². The third-order valence-corrected chi connectivity index (χ3v) is 4.95. The van der Waals surface area contributed by atoms with Crippen LogP contribution in [-0.2, 0) is 16.8 Å². The molecule has 0 N–H and O–H groups in total. The number of rotatable bonds is 4. The van der Waals surface area contributed by atoms with Gasteiger partial charge in [0.2, 0.25) is 5.91 Å². The average Bonchev–Trinajstić information content (AvgIpc) is 2.51. The van der Waals surface area contributed by atoms with Crippen LogP contribution in [0.5, 0.6) is 0 Å². The number of benzene rings is 2. The van der Waals surface area contributed by atoms with Crippen molar-refractivity contribution in [3.63, 3.8) is 0 Å². The van der Waals surface area contributed by atoms with E-state index in [2.05, 4.69) is 45.0 Å². The second-order valence-corrected chi connectivity index (χ2v) is 7.83. The van der Waals surface area contributed by atoms with Crippen LogP contribution in [0.3, 0.4) is 0 Å². The van der Waals surface area contributed by atoms with Gasteiger partial charge in [0.25, 0.3) is 0 Å². The predicted octanol–water partition coefficient (Wildman–Crippen LogP) is 5.32. The molecule has 1 aliphatic carbocycles. The predicted molar refractivity (Wildman–Crippen MR) is 100 cm³/mol. The highest BCUT2D eigenvalue weighted by molar-refractivity contribution is 5.95. The first-order chi connectivity index (χ1) is 11.4. The molecule has 126 valence electrons. The van der Waals surface area contributed by atoms with E-state index in [0.717, 1.165) is 18.5 Å². The monoisotopic (exact) mass is 321 g/mol. The maximum Gasteiger partial charge on any atom is 0.230 e. The second kappa shape index (κ2) is 6.80. The van der Waals surface area contributed by atoms with Crippen molar-refractivity contribution in [2.45, 2.75) is 52.0 Å². The molecule has 0 aliphatic heterocycles. The largest absolute Gasteiger partial charge is 0.308 e. The zero-order valence-corrected chi connectivity index (χ0v) is 15.0. The van der Waals surface area contributed by atoms with Gasteiger partial charge in [0.05, 0.1) is 6.54 Å². The summed E-state index contributed by atoms with van der Waals surface area (Å²) in [6, 6.07) is 18.7. The van der Waals surface area contributed by atoms with Crippen molar-refractivity contribution in [1.82, 2.24) is 0 Å². The van der Waals surface area contributed by atoms with E-state index in [1.54, 1.807) is 0 Å². The second-order valence-electron chi connectivity index (χ2n) is 7.83. The molecule has 0 spiro atoms. The molecule has 0 saturated heterocycles. The number of anilines is 1. The number of carbonyl (C=O) groups excluding carboxylic acids is 1. The minimum absolute atomic E-state index is 0.152. The van der Waals surface area contributed by atoms with Gasteiger partial charge in [0, 0.05) is 11.6 Å². The first-order valence-electron chi connectivity index (χ1n) is 8.91. The molecule has 3 rings (SSSR count). The Balaban J connectivity index is 1.82. The minimum Gasteiger partial charge on any atom is -0.308 e. The van der Waals surface area contributed by atoms with Crippen LogP contribution in [0.4, 0.5) is 5.69 Å². The number of hydrogen-bond acceptors (Lipinski definition) is 1. The normalized spacial score (nSPS) is 15.0. The number of amides is 1. The Bertz CT molecular complexity index is 678. The molecular formula is C22H27NO. The molecule has 1 aliphatic rings. The van der Waals surface area contributed by atoms with Crippen molar-refractivity contribution < 1.29 is 4.79 Å². The van der Waals surface area contributed by atoms with E-state index in [9.17, 15) is 4.79 Å². The summed E-state index contributed by atoms with van der Waals surface area (Å²) in [7, 11) is 0. The summed E-state index contributed by atoms with van der Waals surface area (Å²) in [5, 5.41) is 0. The Morgan fingerprint density at radius 1 is 1.00 bits per heavy atom. The Hall–Kier alpha value is -2.09. The molecule has 2 nitrogen and oxygen atoms in total. The number of para-hydroxylation sites is 1. The lowest BCUT2D eigenvalue weighted by atomic mass is 9.84. The van der Waals surface area contributed by atoms with E-state index in [0.29, 0.717) is 6.54 Å². The third kappa shape index (κ3) is 3.69. The van der Waals surface area contributed by atoms with E-state index in [-0.39, 0.29) is 17.2 Å². The summed E-state index contributed by atoms with van der Waals surface area (Å²) in [5.74, 6) is 0.478. The van der Waals surface area contributed by atoms with Crippen LogP contribution in [-0.4, -0.2) is 5.91 Å². The van der Waals surface area contributed by atoms with Gasteiger partial charge in [0.1, 0.15) is 0 Å². The highest BCUT2D eigenvalue weighted by Gasteiger charge is 2.30. The molecule has 0 aromatic heterocycles. The fraction of sp³-hybridized carbons (Fsp3) is 0.409. The van der Waals surface area contributed by atoms with Gasteiger partial charge in [-0.1, -0.05) is 69.7 Å². The molecule has 0 heterocycles. The van der Waals surface area contributed by atoms with Gasteiger partial charge in [-0.05, 0) is 41.5 Å². The first-order valence-corrected chi connectivity index (χ1v) is 8.91. The van der Waals surface area contributed by atoms with Gasteiger partial charge in [-0.15, -0.1) is 0 Å². The average molecular weight is 321 g/mol. The molecule has 0 radical (unpaired) electrons. The van der Waals surface area contributed by atoms with Crippen molar-refractivity contribution in [2.75, 3.05) is 4.90 Å². The Kier molecular flexibility index (Phi) is 4.75. The quantitative estimate of drug-likeness (QED) is 0.746. The Labute approximate surface area is 145 Å². The minimum atomic E-state index is 0.152. The van der Waals surface area contributed by atoms with Crippen LogP contribution >= 0.6 is 0 Å². The molecule has 2 aromatic carbocycles. The summed E-state index contributed by atoms with van der Waals surface area (Å²) >= 11 is 0. The molecule has 2 heteroatoms. The lowest BCUT2D eigenvalue weighted by molar-refractivity contribution is -0.124. The number of nitrogens with zero attached hydrogens (tertiary/aromatic N) is 1. The van der Waals surface area contributed by atoms with Crippen LogP contribution in [0.1, 0.15) is 51.2 Å². The zero-order valence-electron chi connectivity index (χ0n) is 15.0. The summed E-state index contributed by atoms with van der Waals surface area (Å²) < 4.78 is 0. The third-order valence-electron chi connectivity index (χ3n) is 4.95. The summed E-state index contributed by atoms with van der Waals surface area (Å²) in [6.45, 7) is 7.30. The van der Waals surface area contributed by atoms with Crippen LogP contribution in [0.25, 0.3) is 0 Å². The highest BCUT2D eigenvalue weighted by Crippen LogP contribution is 2.31. The van der Waals surface area contributed by atoms with Crippen molar-refractivity contribution in [1.29, 1.82) is 0 Å². The fourth-order valence-corrected chi connectivity index (χ4v) is 3.07. The van der Waals surface area contributed by atoms with Gasteiger partial charge in [-0.3, -0.25) is 4.79 Å². The summed E-state index contributed by atoms with van der Waals surface area (Å²) in [6.07, 6.45) is 3.25. The Morgan fingerprint density at radius 3 is 2.12 bits per heavy atom. The van der Waals surface area contributed by atoms with Crippen molar-refractivity contribution >= 4 is 11.6 Å². The van der Waals surface area contributed by atoms with Gasteiger partial charge in [-0.25, -0.2) is 0 Å². The van der Waals surface area contributed by atoms with Crippen LogP contribution in [0, 0.1) is 5.92 Å². The topological polar surface area (TPSA) is 20.3 Å². The lowest BCUT2D eigenvalue weighted by Gasteiger charge is -2.32. The molecule has 1 fully saturated rings. The molecule has 0 bridgehead atoms. The lowest BCUT2D eigenvalue weighted by Crippen LogP contribution is -2.38. The van der Waals surface area contributed by atoms with E-state index in [1.807, 2.05) is 35.2 Å². The molecule has 0 atom stereocenters. The van der Waals surface area contributed by atoms with Gasteiger partial charge < -0.3 is 4.90 Å². The van der Waals surface area contributed by atoms with E-state index in [1.165, 1.54) is 17.5 Å². The van der Waals surface area contributed by atoms with Gasteiger partial charge in [-0.2, -0.15) is 0 Å². The summed E-state index contributed by atoms with van der Waals surface area (Å²) in [4.78, 5) is 14.8. The molecule has 1 amide bonds. The molecule has 0 unspecified atom stereocenters. The van der Waals surface area contributed by atoms with Crippen molar-refractivity contribution in [3.8, 4) is 0 Å². The Morgan fingerprint density at radius 2 is 1.62 bits per heavy atom.